The summed E-state index contributed by atoms with van der Waals surface area (Å²) in [5.41, 5.74) is 9.10. The molecule has 4 heteroatoms. The molecule has 0 heterocycles. The summed E-state index contributed by atoms with van der Waals surface area (Å²) < 4.78 is 0.634. The van der Waals surface area contributed by atoms with Crippen LogP contribution in [0.15, 0.2) is 59.8 Å². The summed E-state index contributed by atoms with van der Waals surface area (Å²) in [5.74, 6) is 0. The van der Waals surface area contributed by atoms with Crippen LogP contribution in [-0.2, 0) is 24.4 Å². The quantitative estimate of drug-likeness (QED) is 0.459. The van der Waals surface area contributed by atoms with Gasteiger partial charge in [-0.05, 0) is 0 Å². The maximum absolute atomic E-state index is 2.50. The van der Waals surface area contributed by atoms with Gasteiger partial charge in [-0.15, -0.1) is 0 Å². The number of hydrogen-bond acceptors (Lipinski definition) is 0. The Kier molecular flexibility index (Phi) is 6.42. The van der Waals surface area contributed by atoms with Gasteiger partial charge in [0.1, 0.15) is 0 Å². The zero-order valence-corrected chi connectivity index (χ0v) is 20.8. The van der Waals surface area contributed by atoms with Crippen LogP contribution in [0.1, 0.15) is 26.8 Å². The molecule has 0 nitrogen and oxygen atoms in total. The molecule has 0 bridgehead atoms. The van der Waals surface area contributed by atoms with E-state index in [0.29, 0.717) is 3.67 Å². The van der Waals surface area contributed by atoms with E-state index in [1.54, 1.807) is 16.3 Å². The van der Waals surface area contributed by atoms with Crippen LogP contribution in [0.2, 0.25) is 19.6 Å². The van der Waals surface area contributed by atoms with Crippen LogP contribution in [0.3, 0.4) is 0 Å². The molecule has 0 spiro atoms. The molecule has 0 aliphatic heterocycles. The van der Waals surface area contributed by atoms with Gasteiger partial charge in [0, 0.05) is 0 Å². The van der Waals surface area contributed by atoms with Crippen molar-refractivity contribution in [1.29, 1.82) is 0 Å². The Morgan fingerprint density at radius 2 is 1.52 bits per heavy atom. The van der Waals surface area contributed by atoms with Crippen molar-refractivity contribution in [2.24, 2.45) is 0 Å². The van der Waals surface area contributed by atoms with Crippen molar-refractivity contribution in [2.75, 3.05) is 0 Å². The molecule has 2 aromatic rings. The van der Waals surface area contributed by atoms with Gasteiger partial charge in [-0.1, -0.05) is 0 Å². The molecule has 0 saturated heterocycles. The molecular weight excluding hydrogens is 530 g/mol. The number of benzene rings is 2. The fraction of sp³-hybridized carbons (Fsp3) is 0.238. The third kappa shape index (κ3) is 3.56. The van der Waals surface area contributed by atoms with E-state index < -0.39 is 8.07 Å². The van der Waals surface area contributed by atoms with Gasteiger partial charge in [0.05, 0.1) is 0 Å². The van der Waals surface area contributed by atoms with Crippen LogP contribution >= 0.6 is 0 Å². The number of rotatable bonds is 2. The summed E-state index contributed by atoms with van der Waals surface area (Å²) in [5, 5.41) is 1.62. The summed E-state index contributed by atoms with van der Waals surface area (Å²) in [6.45, 7) is 7.33. The molecule has 2 aromatic carbocycles. The molecular formula is C21H21Cl2HfSi. The molecule has 0 amide bonds. The predicted octanol–water partition coefficient (Wildman–Crippen LogP) is -0.0979. The first kappa shape index (κ1) is 20.9. The number of hydrogen-bond donors (Lipinski definition) is 0. The molecule has 1 atom stereocenters. The largest absolute Gasteiger partial charge is 1.00 e. The van der Waals surface area contributed by atoms with Crippen molar-refractivity contribution in [3.05, 3.63) is 76.5 Å². The van der Waals surface area contributed by atoms with E-state index >= 15 is 0 Å². The Morgan fingerprint density at radius 1 is 0.880 bits per heavy atom. The number of halogens is 2. The van der Waals surface area contributed by atoms with Crippen molar-refractivity contribution >= 4 is 13.6 Å². The third-order valence-electron chi connectivity index (χ3n) is 5.04. The fourth-order valence-corrected chi connectivity index (χ4v) is 7.12. The Morgan fingerprint density at radius 3 is 2.20 bits per heavy atom. The summed E-state index contributed by atoms with van der Waals surface area (Å²) >= 11 is 1.18. The van der Waals surface area contributed by atoms with E-state index in [-0.39, 0.29) is 24.8 Å². The standard InChI is InChI=1S/C21H21Si.2ClH.Hf/c1-22(2,3)17-12-11-16(13-17)19-9-6-10-20-18-8-5-4-7-15(18)14-21(19)20;;;/h4-10,12-14H,11H2,1-3H3;2*1H;/q;;;+2/p-2. The average Bonchev–Trinajstić information content (AvgIpc) is 3.12. The first-order valence-electron chi connectivity index (χ1n) is 8.32. The van der Waals surface area contributed by atoms with Crippen LogP contribution < -0.4 is 24.8 Å². The molecule has 25 heavy (non-hydrogen) atoms. The van der Waals surface area contributed by atoms with Gasteiger partial charge < -0.3 is 24.8 Å². The van der Waals surface area contributed by atoms with E-state index in [9.17, 15) is 0 Å². The molecule has 0 radical (unpaired) electrons. The zero-order chi connectivity index (χ0) is 16.2. The fourth-order valence-electron chi connectivity index (χ4n) is 3.78. The molecule has 127 valence electrons. The molecule has 2 aliphatic rings. The Hall–Kier alpha value is -0.413. The smallest absolute Gasteiger partial charge is 1.00 e. The third-order valence-corrected chi connectivity index (χ3v) is 9.28. The second kappa shape index (κ2) is 7.68. The van der Waals surface area contributed by atoms with Crippen molar-refractivity contribution in [2.45, 2.75) is 29.7 Å². The Balaban J connectivity index is 0.00000113. The minimum atomic E-state index is -1.21. The van der Waals surface area contributed by atoms with Gasteiger partial charge in [-0.2, -0.15) is 0 Å². The normalized spacial score (nSPS) is 17.7. The Bertz CT molecular complexity index is 862. The van der Waals surface area contributed by atoms with Crippen LogP contribution in [0.4, 0.5) is 0 Å². The van der Waals surface area contributed by atoms with E-state index in [1.165, 1.54) is 46.6 Å². The van der Waals surface area contributed by atoms with E-state index in [0.717, 1.165) is 6.42 Å². The SMILES string of the molecule is C[Si](C)(C)C1=CCC(c2cccc3c2[CH]([Hf+2])c2ccccc2-3)=C1.[Cl-].[Cl-]. The van der Waals surface area contributed by atoms with Crippen molar-refractivity contribution in [1.82, 2.24) is 0 Å². The number of fused-ring (bicyclic) bond motifs is 3. The van der Waals surface area contributed by atoms with Gasteiger partial charge in [-0.3, -0.25) is 0 Å². The average molecular weight is 551 g/mol. The maximum Gasteiger partial charge on any atom is -1.00 e. The van der Waals surface area contributed by atoms with E-state index in [1.807, 2.05) is 0 Å². The minimum Gasteiger partial charge on any atom is -1.00 e. The molecule has 1 unspecified atom stereocenters. The molecule has 0 aromatic heterocycles. The summed E-state index contributed by atoms with van der Waals surface area (Å²) in [7, 11) is -1.21. The molecule has 0 N–H and O–H groups in total. The predicted molar refractivity (Wildman–Crippen MR) is 97.7 cm³/mol. The molecule has 0 saturated carbocycles. The van der Waals surface area contributed by atoms with Gasteiger partial charge in [0.15, 0.2) is 0 Å². The van der Waals surface area contributed by atoms with E-state index in [4.69, 9.17) is 0 Å². The Labute approximate surface area is 179 Å². The second-order valence-electron chi connectivity index (χ2n) is 7.57. The summed E-state index contributed by atoms with van der Waals surface area (Å²) in [4.78, 5) is 0. The monoisotopic (exact) mass is 551 g/mol. The van der Waals surface area contributed by atoms with Crippen molar-refractivity contribution in [3.63, 3.8) is 0 Å². The van der Waals surface area contributed by atoms with Crippen LogP contribution in [0, 0.1) is 0 Å². The first-order valence-corrected chi connectivity index (χ1v) is 13.9. The van der Waals surface area contributed by atoms with E-state index in [2.05, 4.69) is 74.3 Å². The minimum absolute atomic E-state index is 0. The van der Waals surface area contributed by atoms with Crippen molar-refractivity contribution < 1.29 is 49.2 Å². The summed E-state index contributed by atoms with van der Waals surface area (Å²) in [6.07, 6.45) is 6.09. The van der Waals surface area contributed by atoms with Crippen LogP contribution in [0.25, 0.3) is 16.7 Å². The zero-order valence-electron chi connectivity index (χ0n) is 14.7. The van der Waals surface area contributed by atoms with Gasteiger partial charge in [0.2, 0.25) is 0 Å². The first-order chi connectivity index (χ1) is 11.0. The molecule has 4 rings (SSSR count). The van der Waals surface area contributed by atoms with Crippen molar-refractivity contribution in [3.8, 4) is 11.1 Å². The van der Waals surface area contributed by atoms with Gasteiger partial charge in [-0.25, -0.2) is 0 Å². The van der Waals surface area contributed by atoms with Crippen LogP contribution in [-0.4, -0.2) is 8.07 Å². The molecule has 2 aliphatic carbocycles. The van der Waals surface area contributed by atoms with Gasteiger partial charge >= 0.3 is 155 Å². The topological polar surface area (TPSA) is 0 Å². The number of allylic oxidation sites excluding steroid dienone is 4. The van der Waals surface area contributed by atoms with Gasteiger partial charge in [0.25, 0.3) is 0 Å². The molecule has 0 fully saturated rings. The van der Waals surface area contributed by atoms with Crippen LogP contribution in [0.5, 0.6) is 0 Å². The summed E-state index contributed by atoms with van der Waals surface area (Å²) in [6, 6.07) is 15.9. The maximum atomic E-state index is 2.50. The second-order valence-corrected chi connectivity index (χ2v) is 14.7.